The number of piperidine rings is 1. The second-order valence-corrected chi connectivity index (χ2v) is 8.02. The second-order valence-electron chi connectivity index (χ2n) is 8.02. The largest absolute Gasteiger partial charge is 0.362 e. The van der Waals surface area contributed by atoms with Gasteiger partial charge in [0, 0.05) is 12.7 Å². The number of benzene rings is 2. The summed E-state index contributed by atoms with van der Waals surface area (Å²) in [6.45, 7) is 0.485. The lowest BCUT2D eigenvalue weighted by Gasteiger charge is -2.35. The van der Waals surface area contributed by atoms with Crippen LogP contribution in [-0.4, -0.2) is 40.1 Å². The van der Waals surface area contributed by atoms with Crippen LogP contribution in [0.15, 0.2) is 79.1 Å². The zero-order valence-electron chi connectivity index (χ0n) is 18.8. The minimum absolute atomic E-state index is 0.0382. The summed E-state index contributed by atoms with van der Waals surface area (Å²) < 4.78 is 0. The van der Waals surface area contributed by atoms with E-state index in [0.717, 1.165) is 24.8 Å². The van der Waals surface area contributed by atoms with Crippen LogP contribution < -0.4 is 10.8 Å². The number of pyridine rings is 1. The van der Waals surface area contributed by atoms with Gasteiger partial charge in [-0.1, -0.05) is 48.5 Å². The summed E-state index contributed by atoms with van der Waals surface area (Å²) >= 11 is 0. The standard InChI is InChI=1S/C26H24N4O5/c31-23(29-35-26(34)19-11-5-2-6-12-19)20-15-21(17-27-16-20)28-24(32)25(33)30-14-8-7-13-22(30)18-9-3-1-4-10-18/h1-6,9-12,15-17,22H,7-8,13-14H2,(H,28,32)(H,29,31). The summed E-state index contributed by atoms with van der Waals surface area (Å²) in [7, 11) is 0. The van der Waals surface area contributed by atoms with Crippen molar-refractivity contribution in [1.82, 2.24) is 15.4 Å². The van der Waals surface area contributed by atoms with Gasteiger partial charge in [-0.2, -0.15) is 5.48 Å². The number of hydrogen-bond acceptors (Lipinski definition) is 6. The molecule has 4 rings (SSSR count). The summed E-state index contributed by atoms with van der Waals surface area (Å²) in [5.74, 6) is -2.92. The van der Waals surface area contributed by atoms with Crippen LogP contribution in [0.1, 0.15) is 51.6 Å². The molecule has 1 aliphatic heterocycles. The third-order valence-electron chi connectivity index (χ3n) is 5.65. The number of carbonyl (C=O) groups excluding carboxylic acids is 4. The Bertz CT molecular complexity index is 1220. The van der Waals surface area contributed by atoms with Gasteiger partial charge in [-0.3, -0.25) is 19.4 Å². The zero-order chi connectivity index (χ0) is 24.6. The predicted octanol–water partition coefficient (Wildman–Crippen LogP) is 3.28. The van der Waals surface area contributed by atoms with Crippen LogP contribution in [-0.2, 0) is 14.4 Å². The summed E-state index contributed by atoms with van der Waals surface area (Å²) in [5.41, 5.74) is 3.52. The molecule has 1 aliphatic rings. The van der Waals surface area contributed by atoms with Crippen LogP contribution in [0.4, 0.5) is 5.69 Å². The fourth-order valence-corrected chi connectivity index (χ4v) is 3.93. The van der Waals surface area contributed by atoms with E-state index in [0.29, 0.717) is 6.54 Å². The molecule has 3 amide bonds. The molecule has 0 saturated carbocycles. The molecule has 9 nitrogen and oxygen atoms in total. The van der Waals surface area contributed by atoms with Crippen LogP contribution in [0.25, 0.3) is 0 Å². The van der Waals surface area contributed by atoms with Crippen LogP contribution >= 0.6 is 0 Å². The normalized spacial score (nSPS) is 15.1. The maximum atomic E-state index is 13.0. The van der Waals surface area contributed by atoms with Crippen LogP contribution in [0.3, 0.4) is 0 Å². The van der Waals surface area contributed by atoms with E-state index < -0.39 is 23.7 Å². The van der Waals surface area contributed by atoms with Gasteiger partial charge in [0.05, 0.1) is 29.1 Å². The number of aromatic nitrogens is 1. The van der Waals surface area contributed by atoms with E-state index in [1.165, 1.54) is 18.5 Å². The van der Waals surface area contributed by atoms with Gasteiger partial charge >= 0.3 is 17.8 Å². The van der Waals surface area contributed by atoms with Crippen LogP contribution in [0.2, 0.25) is 0 Å². The molecule has 178 valence electrons. The highest BCUT2D eigenvalue weighted by Gasteiger charge is 2.31. The second kappa shape index (κ2) is 11.1. The van der Waals surface area contributed by atoms with Gasteiger partial charge in [-0.25, -0.2) is 4.79 Å². The molecule has 2 heterocycles. The number of nitrogens with zero attached hydrogens (tertiary/aromatic N) is 2. The number of nitrogens with one attached hydrogen (secondary N) is 2. The Labute approximate surface area is 202 Å². The zero-order valence-corrected chi connectivity index (χ0v) is 18.8. The topological polar surface area (TPSA) is 118 Å². The maximum absolute atomic E-state index is 13.0. The number of anilines is 1. The molecule has 2 N–H and O–H groups in total. The molecule has 9 heteroatoms. The maximum Gasteiger partial charge on any atom is 0.362 e. The molecular weight excluding hydrogens is 448 g/mol. The van der Waals surface area contributed by atoms with Gasteiger partial charge in [0.15, 0.2) is 0 Å². The number of hydroxylamine groups is 1. The molecule has 3 aromatic rings. The summed E-state index contributed by atoms with van der Waals surface area (Å²) in [5, 5.41) is 2.52. The van der Waals surface area contributed by atoms with E-state index in [4.69, 9.17) is 4.84 Å². The third kappa shape index (κ3) is 5.89. The molecule has 0 spiro atoms. The minimum atomic E-state index is -0.817. The quantitative estimate of drug-likeness (QED) is 0.445. The van der Waals surface area contributed by atoms with Crippen molar-refractivity contribution < 1.29 is 24.0 Å². The van der Waals surface area contributed by atoms with E-state index in [9.17, 15) is 19.2 Å². The smallest absolute Gasteiger partial charge is 0.335 e. The fraction of sp³-hybridized carbons (Fsp3) is 0.192. The van der Waals surface area contributed by atoms with Crippen molar-refractivity contribution in [3.63, 3.8) is 0 Å². The van der Waals surface area contributed by atoms with Crippen molar-refractivity contribution in [2.45, 2.75) is 25.3 Å². The van der Waals surface area contributed by atoms with Gasteiger partial charge in [0.25, 0.3) is 5.91 Å². The monoisotopic (exact) mass is 472 g/mol. The van der Waals surface area contributed by atoms with Gasteiger partial charge in [-0.15, -0.1) is 0 Å². The van der Waals surface area contributed by atoms with Gasteiger partial charge in [0.2, 0.25) is 0 Å². The first-order valence-electron chi connectivity index (χ1n) is 11.2. The summed E-state index contributed by atoms with van der Waals surface area (Å²) in [6, 6.07) is 19.0. The van der Waals surface area contributed by atoms with Crippen molar-refractivity contribution in [2.75, 3.05) is 11.9 Å². The number of hydrogen-bond donors (Lipinski definition) is 2. The average molecular weight is 473 g/mol. The van der Waals surface area contributed by atoms with Crippen molar-refractivity contribution in [1.29, 1.82) is 0 Å². The lowest BCUT2D eigenvalue weighted by Crippen LogP contribution is -2.44. The number of amides is 3. The molecule has 0 bridgehead atoms. The lowest BCUT2D eigenvalue weighted by molar-refractivity contribution is -0.145. The third-order valence-corrected chi connectivity index (χ3v) is 5.65. The van der Waals surface area contributed by atoms with E-state index in [1.54, 1.807) is 35.2 Å². The van der Waals surface area contributed by atoms with Crippen molar-refractivity contribution in [3.8, 4) is 0 Å². The van der Waals surface area contributed by atoms with Crippen LogP contribution in [0, 0.1) is 0 Å². The SMILES string of the molecule is O=C(Nc1cncc(C(=O)NOC(=O)c2ccccc2)c1)C(=O)N1CCCCC1c1ccccc1. The molecule has 1 atom stereocenters. The molecule has 1 fully saturated rings. The van der Waals surface area contributed by atoms with Gasteiger partial charge in [-0.05, 0) is 43.0 Å². The fourth-order valence-electron chi connectivity index (χ4n) is 3.93. The van der Waals surface area contributed by atoms with E-state index >= 15 is 0 Å². The molecule has 1 unspecified atom stereocenters. The number of carbonyl (C=O) groups is 4. The van der Waals surface area contributed by atoms with Gasteiger partial charge in [0.1, 0.15) is 0 Å². The van der Waals surface area contributed by atoms with Crippen molar-refractivity contribution in [2.24, 2.45) is 0 Å². The van der Waals surface area contributed by atoms with Crippen LogP contribution in [0.5, 0.6) is 0 Å². The average Bonchev–Trinajstić information content (AvgIpc) is 2.92. The number of rotatable bonds is 4. The van der Waals surface area contributed by atoms with E-state index in [-0.39, 0.29) is 22.9 Å². The Balaban J connectivity index is 1.38. The molecule has 35 heavy (non-hydrogen) atoms. The molecule has 1 saturated heterocycles. The van der Waals surface area contributed by atoms with E-state index in [2.05, 4.69) is 15.8 Å². The molecular formula is C26H24N4O5. The highest BCUT2D eigenvalue weighted by molar-refractivity contribution is 6.39. The van der Waals surface area contributed by atoms with Crippen molar-refractivity contribution >= 4 is 29.4 Å². The Hall–Kier alpha value is -4.53. The Morgan fingerprint density at radius 1 is 0.886 bits per heavy atom. The van der Waals surface area contributed by atoms with E-state index in [1.807, 2.05) is 30.3 Å². The lowest BCUT2D eigenvalue weighted by atomic mass is 9.95. The Kier molecular flexibility index (Phi) is 7.47. The number of likely N-dealkylation sites (tertiary alicyclic amines) is 1. The molecule has 1 aromatic heterocycles. The summed E-state index contributed by atoms with van der Waals surface area (Å²) in [4.78, 5) is 60.4. The molecule has 0 radical (unpaired) electrons. The summed E-state index contributed by atoms with van der Waals surface area (Å²) in [6.07, 6.45) is 5.14. The minimum Gasteiger partial charge on any atom is -0.335 e. The first kappa shape index (κ1) is 23.6. The molecule has 2 aromatic carbocycles. The van der Waals surface area contributed by atoms with Crippen molar-refractivity contribution in [3.05, 3.63) is 95.8 Å². The Morgan fingerprint density at radius 2 is 1.60 bits per heavy atom. The first-order valence-corrected chi connectivity index (χ1v) is 11.2. The highest BCUT2D eigenvalue weighted by Crippen LogP contribution is 2.31. The highest BCUT2D eigenvalue weighted by atomic mass is 16.7. The Morgan fingerprint density at radius 3 is 2.34 bits per heavy atom. The van der Waals surface area contributed by atoms with Gasteiger partial charge < -0.3 is 15.1 Å². The molecule has 0 aliphatic carbocycles. The first-order chi connectivity index (χ1) is 17.0. The predicted molar refractivity (Wildman–Crippen MR) is 127 cm³/mol.